The van der Waals surface area contributed by atoms with Crippen LogP contribution in [0.2, 0.25) is 0 Å². The highest BCUT2D eigenvalue weighted by atomic mass is 16.5. The standard InChI is InChI=1S/C22H24N4O3/c1-14-6-5-7-17(15(14)2)26-21-13-23-18(12-24-21)22(27)25-11-16-8-9-19(28-3)20(10-16)29-4/h5-10,12-13H,11H2,1-4H3,(H,24,26)(H,25,27). The van der Waals surface area contributed by atoms with Crippen molar-refractivity contribution >= 4 is 17.4 Å². The summed E-state index contributed by atoms with van der Waals surface area (Å²) in [4.78, 5) is 20.9. The quantitative estimate of drug-likeness (QED) is 0.636. The SMILES string of the molecule is COc1ccc(CNC(=O)c2cnc(Nc3cccc(C)c3C)cn2)cc1OC. The van der Waals surface area contributed by atoms with Gasteiger partial charge in [0.2, 0.25) is 0 Å². The van der Waals surface area contributed by atoms with Crippen LogP contribution in [0, 0.1) is 13.8 Å². The minimum Gasteiger partial charge on any atom is -0.493 e. The van der Waals surface area contributed by atoms with Gasteiger partial charge in [-0.2, -0.15) is 0 Å². The van der Waals surface area contributed by atoms with Crippen LogP contribution >= 0.6 is 0 Å². The van der Waals surface area contributed by atoms with Crippen molar-refractivity contribution in [3.8, 4) is 11.5 Å². The molecular weight excluding hydrogens is 368 g/mol. The van der Waals surface area contributed by atoms with Gasteiger partial charge in [0.1, 0.15) is 11.5 Å². The molecule has 0 unspecified atom stereocenters. The third-order valence-corrected chi connectivity index (χ3v) is 4.65. The maximum atomic E-state index is 12.4. The highest BCUT2D eigenvalue weighted by Gasteiger charge is 2.10. The van der Waals surface area contributed by atoms with E-state index < -0.39 is 0 Å². The van der Waals surface area contributed by atoms with Crippen LogP contribution < -0.4 is 20.1 Å². The number of nitrogens with one attached hydrogen (secondary N) is 2. The second kappa shape index (κ2) is 9.05. The van der Waals surface area contributed by atoms with Crippen LogP contribution in [0.15, 0.2) is 48.8 Å². The molecule has 0 bridgehead atoms. The molecule has 2 aromatic carbocycles. The summed E-state index contributed by atoms with van der Waals surface area (Å²) in [6, 6.07) is 11.5. The molecule has 7 nitrogen and oxygen atoms in total. The third-order valence-electron chi connectivity index (χ3n) is 4.65. The van der Waals surface area contributed by atoms with Crippen LogP contribution in [0.5, 0.6) is 11.5 Å². The van der Waals surface area contributed by atoms with Crippen LogP contribution in [-0.4, -0.2) is 30.1 Å². The van der Waals surface area contributed by atoms with Gasteiger partial charge in [0.05, 0.1) is 26.6 Å². The average molecular weight is 392 g/mol. The molecule has 29 heavy (non-hydrogen) atoms. The molecule has 1 aromatic heterocycles. The fourth-order valence-electron chi connectivity index (χ4n) is 2.80. The Balaban J connectivity index is 1.62. The molecule has 0 aliphatic carbocycles. The summed E-state index contributed by atoms with van der Waals surface area (Å²) in [6.07, 6.45) is 3.00. The minimum absolute atomic E-state index is 0.247. The maximum absolute atomic E-state index is 12.4. The van der Waals surface area contributed by atoms with Crippen molar-refractivity contribution in [3.05, 3.63) is 71.2 Å². The van der Waals surface area contributed by atoms with Crippen molar-refractivity contribution in [2.75, 3.05) is 19.5 Å². The van der Waals surface area contributed by atoms with E-state index in [2.05, 4.69) is 33.6 Å². The lowest BCUT2D eigenvalue weighted by molar-refractivity contribution is 0.0945. The lowest BCUT2D eigenvalue weighted by Crippen LogP contribution is -2.24. The van der Waals surface area contributed by atoms with Gasteiger partial charge in [-0.3, -0.25) is 4.79 Å². The Labute approximate surface area is 170 Å². The predicted molar refractivity (Wildman–Crippen MR) is 112 cm³/mol. The topological polar surface area (TPSA) is 85.4 Å². The van der Waals surface area contributed by atoms with Gasteiger partial charge in [-0.05, 0) is 48.7 Å². The van der Waals surface area contributed by atoms with Gasteiger partial charge in [0, 0.05) is 12.2 Å². The monoisotopic (exact) mass is 392 g/mol. The number of methoxy groups -OCH3 is 2. The molecule has 0 radical (unpaired) electrons. The number of aromatic nitrogens is 2. The molecule has 1 amide bonds. The van der Waals surface area contributed by atoms with Crippen LogP contribution in [-0.2, 0) is 6.54 Å². The Morgan fingerprint density at radius 2 is 1.79 bits per heavy atom. The Hall–Kier alpha value is -3.61. The number of anilines is 2. The van der Waals surface area contributed by atoms with Crippen LogP contribution in [0.4, 0.5) is 11.5 Å². The summed E-state index contributed by atoms with van der Waals surface area (Å²) in [7, 11) is 3.15. The Kier molecular flexibility index (Phi) is 6.29. The number of aryl methyl sites for hydroxylation is 1. The summed E-state index contributed by atoms with van der Waals surface area (Å²) in [5.74, 6) is 1.53. The number of ether oxygens (including phenoxy) is 2. The normalized spacial score (nSPS) is 10.3. The summed E-state index contributed by atoms with van der Waals surface area (Å²) in [5.41, 5.74) is 4.43. The first kappa shape index (κ1) is 20.1. The highest BCUT2D eigenvalue weighted by Crippen LogP contribution is 2.27. The number of amides is 1. The Morgan fingerprint density at radius 1 is 1.00 bits per heavy atom. The third kappa shape index (κ3) is 4.82. The first-order valence-electron chi connectivity index (χ1n) is 9.16. The molecule has 0 saturated carbocycles. The fourth-order valence-corrected chi connectivity index (χ4v) is 2.80. The van der Waals surface area contributed by atoms with E-state index >= 15 is 0 Å². The van der Waals surface area contributed by atoms with Gasteiger partial charge >= 0.3 is 0 Å². The zero-order valence-corrected chi connectivity index (χ0v) is 16.9. The predicted octanol–water partition coefficient (Wildman–Crippen LogP) is 3.78. The van der Waals surface area contributed by atoms with E-state index in [1.54, 1.807) is 26.5 Å². The van der Waals surface area contributed by atoms with E-state index in [1.807, 2.05) is 31.2 Å². The first-order valence-corrected chi connectivity index (χ1v) is 9.16. The number of hydrogen-bond acceptors (Lipinski definition) is 6. The van der Waals surface area contributed by atoms with E-state index in [-0.39, 0.29) is 11.6 Å². The molecule has 0 spiro atoms. The van der Waals surface area contributed by atoms with Gasteiger partial charge in [0.15, 0.2) is 11.5 Å². The van der Waals surface area contributed by atoms with Gasteiger partial charge in [-0.25, -0.2) is 9.97 Å². The van der Waals surface area contributed by atoms with E-state index in [9.17, 15) is 4.79 Å². The molecule has 0 aliphatic rings. The zero-order valence-electron chi connectivity index (χ0n) is 16.9. The van der Waals surface area contributed by atoms with Crippen LogP contribution in [0.25, 0.3) is 0 Å². The minimum atomic E-state index is -0.300. The van der Waals surface area contributed by atoms with Gasteiger partial charge in [-0.1, -0.05) is 18.2 Å². The number of benzene rings is 2. The van der Waals surface area contributed by atoms with Crippen molar-refractivity contribution in [3.63, 3.8) is 0 Å². The van der Waals surface area contributed by atoms with Crippen LogP contribution in [0.3, 0.4) is 0 Å². The van der Waals surface area contributed by atoms with E-state index in [1.165, 1.54) is 11.8 Å². The smallest absolute Gasteiger partial charge is 0.271 e. The summed E-state index contributed by atoms with van der Waals surface area (Å²) in [5, 5.41) is 6.06. The average Bonchev–Trinajstić information content (AvgIpc) is 2.75. The highest BCUT2D eigenvalue weighted by molar-refractivity contribution is 5.92. The van der Waals surface area contributed by atoms with Crippen molar-refractivity contribution in [2.45, 2.75) is 20.4 Å². The number of hydrogen-bond donors (Lipinski definition) is 2. The number of rotatable bonds is 7. The first-order chi connectivity index (χ1) is 14.0. The lowest BCUT2D eigenvalue weighted by atomic mass is 10.1. The van der Waals surface area contributed by atoms with Gasteiger partial charge in [-0.15, -0.1) is 0 Å². The summed E-state index contributed by atoms with van der Waals surface area (Å²) in [6.45, 7) is 4.43. The zero-order chi connectivity index (χ0) is 20.8. The van der Waals surface area contributed by atoms with Crippen LogP contribution in [0.1, 0.15) is 27.2 Å². The van der Waals surface area contributed by atoms with E-state index in [4.69, 9.17) is 9.47 Å². The lowest BCUT2D eigenvalue weighted by Gasteiger charge is -2.11. The number of carbonyl (C=O) groups excluding carboxylic acids is 1. The van der Waals surface area contributed by atoms with Crippen molar-refractivity contribution in [2.24, 2.45) is 0 Å². The van der Waals surface area contributed by atoms with E-state index in [0.717, 1.165) is 16.8 Å². The molecule has 2 N–H and O–H groups in total. The molecular formula is C22H24N4O3. The molecule has 0 saturated heterocycles. The molecule has 1 heterocycles. The maximum Gasteiger partial charge on any atom is 0.271 e. The second-order valence-corrected chi connectivity index (χ2v) is 6.53. The Bertz CT molecular complexity index is 1000. The van der Waals surface area contributed by atoms with Crippen molar-refractivity contribution in [1.29, 1.82) is 0 Å². The Morgan fingerprint density at radius 3 is 2.48 bits per heavy atom. The molecule has 3 rings (SSSR count). The van der Waals surface area contributed by atoms with Crippen molar-refractivity contribution < 1.29 is 14.3 Å². The largest absolute Gasteiger partial charge is 0.493 e. The molecule has 150 valence electrons. The molecule has 0 atom stereocenters. The summed E-state index contributed by atoms with van der Waals surface area (Å²) >= 11 is 0. The molecule has 0 aliphatic heterocycles. The molecule has 0 fully saturated rings. The van der Waals surface area contributed by atoms with E-state index in [0.29, 0.717) is 23.9 Å². The summed E-state index contributed by atoms with van der Waals surface area (Å²) < 4.78 is 10.5. The molecule has 3 aromatic rings. The van der Waals surface area contributed by atoms with Gasteiger partial charge < -0.3 is 20.1 Å². The number of nitrogens with zero attached hydrogens (tertiary/aromatic N) is 2. The fraction of sp³-hybridized carbons (Fsp3) is 0.227. The molecule has 7 heteroatoms. The number of carbonyl (C=O) groups is 1. The second-order valence-electron chi connectivity index (χ2n) is 6.53. The van der Waals surface area contributed by atoms with Crippen molar-refractivity contribution in [1.82, 2.24) is 15.3 Å². The van der Waals surface area contributed by atoms with Gasteiger partial charge in [0.25, 0.3) is 5.91 Å².